The van der Waals surface area contributed by atoms with Gasteiger partial charge < -0.3 is 19.3 Å². The number of amides is 2. The standard InChI is InChI=1S/C21H35N3O3/c1-6-23(7-2)21(25)24-12-10-22(11-13-24)15-18-8-9-19(20(14-18)26-5)27-16-17(3)4/h8-9,14,17H,6-7,10-13,15-16H2,1-5H3. The molecule has 6 heteroatoms. The van der Waals surface area contributed by atoms with Gasteiger partial charge >= 0.3 is 6.03 Å². The van der Waals surface area contributed by atoms with Crippen molar-refractivity contribution in [2.45, 2.75) is 34.2 Å². The molecule has 1 aliphatic heterocycles. The van der Waals surface area contributed by atoms with Crippen molar-refractivity contribution >= 4 is 6.03 Å². The highest BCUT2D eigenvalue weighted by molar-refractivity contribution is 5.74. The van der Waals surface area contributed by atoms with E-state index in [1.165, 1.54) is 5.56 Å². The molecule has 0 radical (unpaired) electrons. The third kappa shape index (κ3) is 6.03. The predicted molar refractivity (Wildman–Crippen MR) is 108 cm³/mol. The van der Waals surface area contributed by atoms with Gasteiger partial charge in [0.25, 0.3) is 0 Å². The van der Waals surface area contributed by atoms with Gasteiger partial charge in [-0.2, -0.15) is 0 Å². The summed E-state index contributed by atoms with van der Waals surface area (Å²) in [6, 6.07) is 6.32. The summed E-state index contributed by atoms with van der Waals surface area (Å²) in [6.45, 7) is 14.7. The van der Waals surface area contributed by atoms with Crippen LogP contribution in [-0.2, 0) is 6.54 Å². The van der Waals surface area contributed by atoms with Gasteiger partial charge in [-0.15, -0.1) is 0 Å². The highest BCUT2D eigenvalue weighted by atomic mass is 16.5. The number of urea groups is 1. The minimum atomic E-state index is 0.160. The van der Waals surface area contributed by atoms with Gasteiger partial charge in [0.05, 0.1) is 13.7 Å². The Bertz CT molecular complexity index is 594. The fourth-order valence-electron chi connectivity index (χ4n) is 3.24. The lowest BCUT2D eigenvalue weighted by molar-refractivity contribution is 0.112. The van der Waals surface area contributed by atoms with Crippen LogP contribution in [0.4, 0.5) is 4.79 Å². The summed E-state index contributed by atoms with van der Waals surface area (Å²) in [7, 11) is 1.68. The van der Waals surface area contributed by atoms with E-state index in [2.05, 4.69) is 30.9 Å². The largest absolute Gasteiger partial charge is 0.493 e. The van der Waals surface area contributed by atoms with E-state index in [1.807, 2.05) is 29.7 Å². The van der Waals surface area contributed by atoms with E-state index in [0.29, 0.717) is 12.5 Å². The fourth-order valence-corrected chi connectivity index (χ4v) is 3.24. The van der Waals surface area contributed by atoms with Gasteiger partial charge in [0.15, 0.2) is 11.5 Å². The Labute approximate surface area is 164 Å². The molecule has 2 amide bonds. The van der Waals surface area contributed by atoms with Crippen molar-refractivity contribution in [1.29, 1.82) is 0 Å². The second kappa shape index (κ2) is 10.4. The van der Waals surface area contributed by atoms with Gasteiger partial charge in [-0.3, -0.25) is 4.90 Å². The van der Waals surface area contributed by atoms with Crippen LogP contribution >= 0.6 is 0 Å². The molecule has 0 aliphatic carbocycles. The molecule has 0 atom stereocenters. The zero-order valence-electron chi connectivity index (χ0n) is 17.5. The molecule has 1 saturated heterocycles. The lowest BCUT2D eigenvalue weighted by Gasteiger charge is -2.37. The molecule has 1 fully saturated rings. The summed E-state index contributed by atoms with van der Waals surface area (Å²) >= 11 is 0. The molecular formula is C21H35N3O3. The van der Waals surface area contributed by atoms with Crippen LogP contribution in [0.5, 0.6) is 11.5 Å². The van der Waals surface area contributed by atoms with Crippen molar-refractivity contribution in [1.82, 2.24) is 14.7 Å². The predicted octanol–water partition coefficient (Wildman–Crippen LogP) is 3.31. The van der Waals surface area contributed by atoms with E-state index in [0.717, 1.165) is 57.3 Å². The van der Waals surface area contributed by atoms with Crippen LogP contribution in [0.15, 0.2) is 18.2 Å². The van der Waals surface area contributed by atoms with Crippen LogP contribution < -0.4 is 9.47 Å². The first-order chi connectivity index (χ1) is 13.0. The quantitative estimate of drug-likeness (QED) is 0.697. The number of nitrogens with zero attached hydrogens (tertiary/aromatic N) is 3. The molecule has 0 N–H and O–H groups in total. The van der Waals surface area contributed by atoms with Gasteiger partial charge in [0.1, 0.15) is 0 Å². The van der Waals surface area contributed by atoms with Crippen molar-refractivity contribution < 1.29 is 14.3 Å². The molecule has 1 heterocycles. The lowest BCUT2D eigenvalue weighted by atomic mass is 10.1. The molecule has 27 heavy (non-hydrogen) atoms. The molecule has 1 aliphatic rings. The zero-order valence-corrected chi connectivity index (χ0v) is 17.5. The van der Waals surface area contributed by atoms with Crippen molar-refractivity contribution in [3.8, 4) is 11.5 Å². The molecule has 6 nitrogen and oxygen atoms in total. The molecule has 0 saturated carbocycles. The lowest BCUT2D eigenvalue weighted by Crippen LogP contribution is -2.52. The maximum atomic E-state index is 12.5. The maximum absolute atomic E-state index is 12.5. The zero-order chi connectivity index (χ0) is 19.8. The Hall–Kier alpha value is -1.95. The number of methoxy groups -OCH3 is 1. The van der Waals surface area contributed by atoms with Crippen LogP contribution in [0.1, 0.15) is 33.3 Å². The highest BCUT2D eigenvalue weighted by Crippen LogP contribution is 2.29. The number of benzene rings is 1. The third-order valence-electron chi connectivity index (χ3n) is 4.88. The molecule has 0 unspecified atom stereocenters. The summed E-state index contributed by atoms with van der Waals surface area (Å²) in [5.41, 5.74) is 1.20. The summed E-state index contributed by atoms with van der Waals surface area (Å²) < 4.78 is 11.3. The number of hydrogen-bond acceptors (Lipinski definition) is 4. The summed E-state index contributed by atoms with van der Waals surface area (Å²) in [4.78, 5) is 18.7. The van der Waals surface area contributed by atoms with Gasteiger partial charge in [-0.25, -0.2) is 4.79 Å². The van der Waals surface area contributed by atoms with Gasteiger partial charge in [-0.1, -0.05) is 19.9 Å². The third-order valence-corrected chi connectivity index (χ3v) is 4.88. The van der Waals surface area contributed by atoms with Crippen molar-refractivity contribution in [3.05, 3.63) is 23.8 Å². The van der Waals surface area contributed by atoms with Crippen molar-refractivity contribution in [2.75, 3.05) is 53.0 Å². The van der Waals surface area contributed by atoms with Crippen LogP contribution in [0.2, 0.25) is 0 Å². The Morgan fingerprint density at radius 2 is 1.78 bits per heavy atom. The second-order valence-electron chi connectivity index (χ2n) is 7.41. The van der Waals surface area contributed by atoms with Crippen molar-refractivity contribution in [2.24, 2.45) is 5.92 Å². The van der Waals surface area contributed by atoms with Crippen LogP contribution in [-0.4, -0.2) is 73.7 Å². The van der Waals surface area contributed by atoms with Crippen LogP contribution in [0.3, 0.4) is 0 Å². The van der Waals surface area contributed by atoms with E-state index < -0.39 is 0 Å². The topological polar surface area (TPSA) is 45.3 Å². The number of piperazine rings is 1. The van der Waals surface area contributed by atoms with E-state index in [9.17, 15) is 4.79 Å². The average molecular weight is 378 g/mol. The summed E-state index contributed by atoms with van der Waals surface area (Å²) in [6.07, 6.45) is 0. The molecule has 0 spiro atoms. The van der Waals surface area contributed by atoms with Gasteiger partial charge in [0, 0.05) is 45.8 Å². The molecular weight excluding hydrogens is 342 g/mol. The minimum absolute atomic E-state index is 0.160. The number of carbonyl (C=O) groups is 1. The Morgan fingerprint density at radius 3 is 2.33 bits per heavy atom. The van der Waals surface area contributed by atoms with E-state index in [1.54, 1.807) is 7.11 Å². The first-order valence-electron chi connectivity index (χ1n) is 10.0. The highest BCUT2D eigenvalue weighted by Gasteiger charge is 2.24. The first-order valence-corrected chi connectivity index (χ1v) is 10.0. The normalized spacial score (nSPS) is 15.1. The van der Waals surface area contributed by atoms with E-state index in [4.69, 9.17) is 9.47 Å². The molecule has 1 aromatic carbocycles. The second-order valence-corrected chi connectivity index (χ2v) is 7.41. The Morgan fingerprint density at radius 1 is 1.11 bits per heavy atom. The number of rotatable bonds is 8. The monoisotopic (exact) mass is 377 g/mol. The molecule has 0 bridgehead atoms. The fraction of sp³-hybridized carbons (Fsp3) is 0.667. The maximum Gasteiger partial charge on any atom is 0.320 e. The minimum Gasteiger partial charge on any atom is -0.493 e. The number of carbonyl (C=O) groups excluding carboxylic acids is 1. The number of ether oxygens (including phenoxy) is 2. The first kappa shape index (κ1) is 21.4. The van der Waals surface area contributed by atoms with Gasteiger partial charge in [0.2, 0.25) is 0 Å². The van der Waals surface area contributed by atoms with Gasteiger partial charge in [-0.05, 0) is 37.5 Å². The Kier molecular flexibility index (Phi) is 8.23. The average Bonchev–Trinajstić information content (AvgIpc) is 2.68. The molecule has 2 rings (SSSR count). The number of hydrogen-bond donors (Lipinski definition) is 0. The summed E-state index contributed by atoms with van der Waals surface area (Å²) in [5.74, 6) is 2.05. The molecule has 152 valence electrons. The van der Waals surface area contributed by atoms with Crippen LogP contribution in [0, 0.1) is 5.92 Å². The molecule has 1 aromatic rings. The van der Waals surface area contributed by atoms with E-state index in [-0.39, 0.29) is 6.03 Å². The molecule has 0 aromatic heterocycles. The van der Waals surface area contributed by atoms with Crippen molar-refractivity contribution in [3.63, 3.8) is 0 Å². The van der Waals surface area contributed by atoms with E-state index >= 15 is 0 Å². The van der Waals surface area contributed by atoms with Crippen LogP contribution in [0.25, 0.3) is 0 Å². The summed E-state index contributed by atoms with van der Waals surface area (Å²) in [5, 5.41) is 0. The SMILES string of the molecule is CCN(CC)C(=O)N1CCN(Cc2ccc(OCC(C)C)c(OC)c2)CC1. The smallest absolute Gasteiger partial charge is 0.320 e. The Balaban J connectivity index is 1.90.